The Balaban J connectivity index is 1.75. The minimum atomic E-state index is 0.788. The second-order valence-corrected chi connectivity index (χ2v) is 5.14. The zero-order chi connectivity index (χ0) is 12.2. The Hall–Kier alpha value is -1.76. The summed E-state index contributed by atoms with van der Waals surface area (Å²) >= 11 is 0. The van der Waals surface area contributed by atoms with E-state index in [9.17, 15) is 0 Å². The van der Waals surface area contributed by atoms with Gasteiger partial charge in [-0.25, -0.2) is 0 Å². The average molecular weight is 237 g/mol. The smallest absolute Gasteiger partial charge is 0.0328 e. The zero-order valence-corrected chi connectivity index (χ0v) is 10.5. The van der Waals surface area contributed by atoms with Crippen LogP contribution in [0.4, 0.5) is 0 Å². The molecule has 0 amide bonds. The molecule has 0 bridgehead atoms. The van der Waals surface area contributed by atoms with Crippen LogP contribution in [0.2, 0.25) is 0 Å². The number of hydrogen-bond acceptors (Lipinski definition) is 1. The molecule has 1 heterocycles. The lowest BCUT2D eigenvalue weighted by Gasteiger charge is -2.07. The van der Waals surface area contributed by atoms with Gasteiger partial charge in [-0.2, -0.15) is 0 Å². The number of nitrogens with one attached hydrogen (secondary N) is 1. The lowest BCUT2D eigenvalue weighted by molar-refractivity contribution is 0.965. The standard InChI is InChI=1S/C17H19N/c1-2-8-16-13-17(16)12-15(5-1)11-14-6-3-9-18-10-4-7-14/h1-9,12,16-18H,10-11,13H2/b5-1?,7-4-,8-2+,9-3?,14-6?,15-12?. The molecule has 1 nitrogen and oxygen atoms in total. The van der Waals surface area contributed by atoms with Crippen molar-refractivity contribution in [1.82, 2.24) is 5.32 Å². The summed E-state index contributed by atoms with van der Waals surface area (Å²) in [7, 11) is 0. The molecule has 1 fully saturated rings. The second kappa shape index (κ2) is 5.26. The van der Waals surface area contributed by atoms with Crippen LogP contribution in [-0.4, -0.2) is 6.54 Å². The van der Waals surface area contributed by atoms with Crippen molar-refractivity contribution in [1.29, 1.82) is 0 Å². The fraction of sp³-hybridized carbons (Fsp3) is 0.294. The molecule has 2 atom stereocenters. The van der Waals surface area contributed by atoms with Gasteiger partial charge in [-0.15, -0.1) is 0 Å². The average Bonchev–Trinajstić information content (AvgIpc) is 3.01. The molecule has 2 aliphatic carbocycles. The molecule has 0 spiro atoms. The normalized spacial score (nSPS) is 32.7. The highest BCUT2D eigenvalue weighted by Gasteiger charge is 2.32. The molecule has 92 valence electrons. The third kappa shape index (κ3) is 2.92. The van der Waals surface area contributed by atoms with Crippen LogP contribution >= 0.6 is 0 Å². The molecule has 1 aliphatic heterocycles. The van der Waals surface area contributed by atoms with Crippen molar-refractivity contribution in [2.45, 2.75) is 12.8 Å². The molecule has 2 unspecified atom stereocenters. The molecule has 3 aliphatic rings. The van der Waals surface area contributed by atoms with Crippen molar-refractivity contribution in [2.24, 2.45) is 11.8 Å². The van der Waals surface area contributed by atoms with Crippen LogP contribution in [0.1, 0.15) is 12.8 Å². The summed E-state index contributed by atoms with van der Waals surface area (Å²) < 4.78 is 0. The highest BCUT2D eigenvalue weighted by atomic mass is 14.8. The van der Waals surface area contributed by atoms with Gasteiger partial charge in [0.2, 0.25) is 0 Å². The van der Waals surface area contributed by atoms with E-state index in [2.05, 4.69) is 60.0 Å². The molecule has 0 aromatic heterocycles. The van der Waals surface area contributed by atoms with Crippen LogP contribution in [0.5, 0.6) is 0 Å². The molecule has 0 aromatic carbocycles. The van der Waals surface area contributed by atoms with E-state index >= 15 is 0 Å². The van der Waals surface area contributed by atoms with E-state index in [0.29, 0.717) is 0 Å². The molecule has 1 heteroatoms. The molecule has 3 rings (SSSR count). The third-order valence-corrected chi connectivity index (χ3v) is 3.60. The Morgan fingerprint density at radius 1 is 1.06 bits per heavy atom. The topological polar surface area (TPSA) is 12.0 Å². The Kier molecular flexibility index (Phi) is 3.31. The maximum Gasteiger partial charge on any atom is 0.0328 e. The van der Waals surface area contributed by atoms with Gasteiger partial charge in [0.15, 0.2) is 0 Å². The minimum absolute atomic E-state index is 0.788. The number of rotatable bonds is 2. The number of hydrogen-bond donors (Lipinski definition) is 1. The number of allylic oxidation sites excluding steroid dienone is 10. The van der Waals surface area contributed by atoms with Gasteiger partial charge in [0.1, 0.15) is 0 Å². The maximum atomic E-state index is 3.19. The van der Waals surface area contributed by atoms with Gasteiger partial charge in [-0.1, -0.05) is 48.6 Å². The third-order valence-electron chi connectivity index (χ3n) is 3.60. The van der Waals surface area contributed by atoms with Gasteiger partial charge >= 0.3 is 0 Å². The van der Waals surface area contributed by atoms with Crippen LogP contribution in [0.15, 0.2) is 72.0 Å². The predicted octanol–water partition coefficient (Wildman–Crippen LogP) is 3.66. The minimum Gasteiger partial charge on any atom is -0.387 e. The quantitative estimate of drug-likeness (QED) is 0.772. The first-order chi connectivity index (χ1) is 8.92. The van der Waals surface area contributed by atoms with Crippen molar-refractivity contribution in [3.63, 3.8) is 0 Å². The van der Waals surface area contributed by atoms with E-state index < -0.39 is 0 Å². The SMILES string of the molecule is C1=CNC/C=C\C(CC2=CC3CC3/C=C/C=C2)=C1. The van der Waals surface area contributed by atoms with Gasteiger partial charge in [-0.05, 0) is 48.1 Å². The van der Waals surface area contributed by atoms with Gasteiger partial charge in [-0.3, -0.25) is 0 Å². The first-order valence-corrected chi connectivity index (χ1v) is 6.73. The van der Waals surface area contributed by atoms with Gasteiger partial charge in [0.05, 0.1) is 0 Å². The van der Waals surface area contributed by atoms with E-state index in [1.807, 2.05) is 6.20 Å². The van der Waals surface area contributed by atoms with Gasteiger partial charge in [0, 0.05) is 6.54 Å². The summed E-state index contributed by atoms with van der Waals surface area (Å²) in [6.45, 7) is 0.913. The Morgan fingerprint density at radius 3 is 3.06 bits per heavy atom. The first kappa shape index (κ1) is 11.3. The van der Waals surface area contributed by atoms with E-state index in [1.54, 1.807) is 0 Å². The lowest BCUT2D eigenvalue weighted by Crippen LogP contribution is -2.04. The van der Waals surface area contributed by atoms with Crippen molar-refractivity contribution < 1.29 is 0 Å². The van der Waals surface area contributed by atoms with E-state index in [1.165, 1.54) is 17.6 Å². The molecule has 0 radical (unpaired) electrons. The maximum absolute atomic E-state index is 3.19. The Labute approximate surface area is 109 Å². The molecule has 1 saturated carbocycles. The van der Waals surface area contributed by atoms with Crippen molar-refractivity contribution >= 4 is 0 Å². The largest absolute Gasteiger partial charge is 0.387 e. The molecule has 18 heavy (non-hydrogen) atoms. The fourth-order valence-electron chi connectivity index (χ4n) is 2.48. The number of fused-ring (bicyclic) bond motifs is 1. The summed E-state index contributed by atoms with van der Waals surface area (Å²) in [4.78, 5) is 0. The monoisotopic (exact) mass is 237 g/mol. The van der Waals surface area contributed by atoms with Crippen LogP contribution in [0, 0.1) is 11.8 Å². The highest BCUT2D eigenvalue weighted by molar-refractivity contribution is 5.37. The predicted molar refractivity (Wildman–Crippen MR) is 76.9 cm³/mol. The lowest BCUT2D eigenvalue weighted by atomic mass is 10.0. The van der Waals surface area contributed by atoms with Gasteiger partial charge in [0.25, 0.3) is 0 Å². The fourth-order valence-corrected chi connectivity index (χ4v) is 2.48. The van der Waals surface area contributed by atoms with Crippen molar-refractivity contribution in [2.75, 3.05) is 6.54 Å². The van der Waals surface area contributed by atoms with Gasteiger partial charge < -0.3 is 5.32 Å². The van der Waals surface area contributed by atoms with Crippen LogP contribution in [0.3, 0.4) is 0 Å². The summed E-state index contributed by atoms with van der Waals surface area (Å²) in [5.74, 6) is 1.59. The summed E-state index contributed by atoms with van der Waals surface area (Å²) in [6.07, 6.45) is 24.5. The zero-order valence-electron chi connectivity index (χ0n) is 10.5. The molecule has 1 N–H and O–H groups in total. The van der Waals surface area contributed by atoms with Crippen LogP contribution < -0.4 is 5.32 Å². The Bertz CT molecular complexity index is 486. The van der Waals surface area contributed by atoms with E-state index in [4.69, 9.17) is 0 Å². The van der Waals surface area contributed by atoms with E-state index in [0.717, 1.165) is 24.8 Å². The summed E-state index contributed by atoms with van der Waals surface area (Å²) in [6, 6.07) is 0. The van der Waals surface area contributed by atoms with Crippen molar-refractivity contribution in [3.8, 4) is 0 Å². The van der Waals surface area contributed by atoms with Crippen LogP contribution in [0.25, 0.3) is 0 Å². The van der Waals surface area contributed by atoms with Crippen LogP contribution in [-0.2, 0) is 0 Å². The molecular weight excluding hydrogens is 218 g/mol. The molecule has 0 aromatic rings. The first-order valence-electron chi connectivity index (χ1n) is 6.73. The molecular formula is C17H19N. The molecule has 0 saturated heterocycles. The Morgan fingerprint density at radius 2 is 2.06 bits per heavy atom. The van der Waals surface area contributed by atoms with Crippen molar-refractivity contribution in [3.05, 3.63) is 72.0 Å². The summed E-state index contributed by atoms with van der Waals surface area (Å²) in [5.41, 5.74) is 2.83. The second-order valence-electron chi connectivity index (χ2n) is 5.14. The van der Waals surface area contributed by atoms with E-state index in [-0.39, 0.29) is 0 Å². The highest BCUT2D eigenvalue weighted by Crippen LogP contribution is 2.42. The summed E-state index contributed by atoms with van der Waals surface area (Å²) in [5, 5.41) is 3.19.